The van der Waals surface area contributed by atoms with Gasteiger partial charge < -0.3 is 0 Å². The Labute approximate surface area is 107 Å². The number of pyridine rings is 1. The summed E-state index contributed by atoms with van der Waals surface area (Å²) in [6, 6.07) is 6.22. The Morgan fingerprint density at radius 1 is 1.06 bits per heavy atom. The van der Waals surface area contributed by atoms with Crippen molar-refractivity contribution in [2.75, 3.05) is 0 Å². The fourth-order valence-electron chi connectivity index (χ4n) is 1.58. The zero-order valence-corrected chi connectivity index (χ0v) is 11.6. The van der Waals surface area contributed by atoms with E-state index in [-0.39, 0.29) is 0 Å². The van der Waals surface area contributed by atoms with Crippen molar-refractivity contribution in [3.63, 3.8) is 0 Å². The highest BCUT2D eigenvalue weighted by Gasteiger charge is 2.09. The standard InChI is InChI=1S/C14H18N2S/c1-9(2)11-6-5-7-12(16-11)13-8-15-14(17-13)10(3)4/h5-10H,1-4H3. The minimum absolute atomic E-state index is 0.465. The van der Waals surface area contributed by atoms with Crippen LogP contribution in [-0.4, -0.2) is 9.97 Å². The lowest BCUT2D eigenvalue weighted by Gasteiger charge is -2.05. The highest BCUT2D eigenvalue weighted by atomic mass is 32.1. The molecule has 0 N–H and O–H groups in total. The first-order valence-corrected chi connectivity index (χ1v) is 6.82. The van der Waals surface area contributed by atoms with E-state index in [0.717, 1.165) is 16.3 Å². The molecule has 0 aliphatic rings. The maximum Gasteiger partial charge on any atom is 0.0957 e. The molecule has 0 aliphatic carbocycles. The summed E-state index contributed by atoms with van der Waals surface area (Å²) in [6.07, 6.45) is 1.94. The van der Waals surface area contributed by atoms with E-state index in [1.54, 1.807) is 11.3 Å². The molecule has 0 spiro atoms. The third kappa shape index (κ3) is 2.72. The van der Waals surface area contributed by atoms with Crippen LogP contribution in [0.15, 0.2) is 24.4 Å². The average Bonchev–Trinajstić information content (AvgIpc) is 2.78. The van der Waals surface area contributed by atoms with Gasteiger partial charge in [-0.2, -0.15) is 0 Å². The van der Waals surface area contributed by atoms with Crippen LogP contribution >= 0.6 is 11.3 Å². The molecule has 90 valence electrons. The van der Waals surface area contributed by atoms with Crippen molar-refractivity contribution in [1.82, 2.24) is 9.97 Å². The van der Waals surface area contributed by atoms with E-state index >= 15 is 0 Å². The summed E-state index contributed by atoms with van der Waals surface area (Å²) in [7, 11) is 0. The maximum absolute atomic E-state index is 4.69. The molecule has 3 heteroatoms. The van der Waals surface area contributed by atoms with Gasteiger partial charge >= 0.3 is 0 Å². The van der Waals surface area contributed by atoms with Gasteiger partial charge in [-0.1, -0.05) is 33.8 Å². The molecule has 0 aliphatic heterocycles. The lowest BCUT2D eigenvalue weighted by Crippen LogP contribution is -1.92. The molecule has 0 amide bonds. The van der Waals surface area contributed by atoms with Gasteiger partial charge in [-0.3, -0.25) is 4.98 Å². The highest BCUT2D eigenvalue weighted by molar-refractivity contribution is 7.15. The fraction of sp³-hybridized carbons (Fsp3) is 0.429. The zero-order valence-electron chi connectivity index (χ0n) is 10.8. The smallest absolute Gasteiger partial charge is 0.0957 e. The van der Waals surface area contributed by atoms with E-state index in [1.165, 1.54) is 5.01 Å². The van der Waals surface area contributed by atoms with Crippen LogP contribution in [0.5, 0.6) is 0 Å². The van der Waals surface area contributed by atoms with E-state index in [9.17, 15) is 0 Å². The van der Waals surface area contributed by atoms with Crippen LogP contribution in [0.3, 0.4) is 0 Å². The summed E-state index contributed by atoms with van der Waals surface area (Å²) < 4.78 is 0. The number of hydrogen-bond donors (Lipinski definition) is 0. The molecule has 0 atom stereocenters. The van der Waals surface area contributed by atoms with Crippen LogP contribution in [0.4, 0.5) is 0 Å². The van der Waals surface area contributed by atoms with Gasteiger partial charge in [-0.05, 0) is 18.1 Å². The molecule has 2 rings (SSSR count). The predicted octanol–water partition coefficient (Wildman–Crippen LogP) is 4.45. The van der Waals surface area contributed by atoms with Crippen LogP contribution in [0.1, 0.15) is 50.2 Å². The molecule has 2 nitrogen and oxygen atoms in total. The molecule has 0 aromatic carbocycles. The number of hydrogen-bond acceptors (Lipinski definition) is 3. The maximum atomic E-state index is 4.69. The van der Waals surface area contributed by atoms with E-state index in [0.29, 0.717) is 11.8 Å². The number of thiazole rings is 1. The molecule has 0 fully saturated rings. The quantitative estimate of drug-likeness (QED) is 0.799. The van der Waals surface area contributed by atoms with Crippen LogP contribution in [0.25, 0.3) is 10.6 Å². The lowest BCUT2D eigenvalue weighted by molar-refractivity contribution is 0.825. The fourth-order valence-corrected chi connectivity index (χ4v) is 2.47. The molecule has 0 bridgehead atoms. The number of aromatic nitrogens is 2. The van der Waals surface area contributed by atoms with Crippen molar-refractivity contribution in [3.8, 4) is 10.6 Å². The summed E-state index contributed by atoms with van der Waals surface area (Å²) in [5.41, 5.74) is 2.18. The van der Waals surface area contributed by atoms with Gasteiger partial charge in [0.05, 0.1) is 15.6 Å². The van der Waals surface area contributed by atoms with Crippen molar-refractivity contribution in [3.05, 3.63) is 35.1 Å². The highest BCUT2D eigenvalue weighted by Crippen LogP contribution is 2.29. The molecule has 2 aromatic rings. The van der Waals surface area contributed by atoms with Crippen LogP contribution < -0.4 is 0 Å². The van der Waals surface area contributed by atoms with E-state index in [4.69, 9.17) is 0 Å². The first-order valence-electron chi connectivity index (χ1n) is 6.01. The minimum atomic E-state index is 0.465. The predicted molar refractivity (Wildman–Crippen MR) is 73.5 cm³/mol. The van der Waals surface area contributed by atoms with E-state index in [1.807, 2.05) is 6.20 Å². The van der Waals surface area contributed by atoms with Crippen molar-refractivity contribution in [1.29, 1.82) is 0 Å². The Balaban J connectivity index is 2.35. The zero-order chi connectivity index (χ0) is 12.4. The molecule has 0 unspecified atom stereocenters. The van der Waals surface area contributed by atoms with Gasteiger partial charge in [-0.15, -0.1) is 11.3 Å². The van der Waals surface area contributed by atoms with Crippen LogP contribution in [0.2, 0.25) is 0 Å². The molecular formula is C14H18N2S. The second kappa shape index (κ2) is 4.96. The summed E-state index contributed by atoms with van der Waals surface area (Å²) in [6.45, 7) is 8.66. The molecule has 0 saturated carbocycles. The number of rotatable bonds is 3. The van der Waals surface area contributed by atoms with Gasteiger partial charge in [0.15, 0.2) is 0 Å². The summed E-state index contributed by atoms with van der Waals surface area (Å²) in [5.74, 6) is 0.953. The van der Waals surface area contributed by atoms with Crippen molar-refractivity contribution >= 4 is 11.3 Å². The molecule has 0 radical (unpaired) electrons. The Kier molecular flexibility index (Phi) is 3.57. The van der Waals surface area contributed by atoms with E-state index in [2.05, 4.69) is 55.9 Å². The van der Waals surface area contributed by atoms with Gasteiger partial charge in [0, 0.05) is 17.8 Å². The monoisotopic (exact) mass is 246 g/mol. The largest absolute Gasteiger partial charge is 0.252 e. The topological polar surface area (TPSA) is 25.8 Å². The van der Waals surface area contributed by atoms with Crippen molar-refractivity contribution < 1.29 is 0 Å². The summed E-state index contributed by atoms with van der Waals surface area (Å²) >= 11 is 1.74. The van der Waals surface area contributed by atoms with Gasteiger partial charge in [-0.25, -0.2) is 4.98 Å². The summed E-state index contributed by atoms with van der Waals surface area (Å²) in [5, 5.41) is 1.18. The van der Waals surface area contributed by atoms with Gasteiger partial charge in [0.1, 0.15) is 0 Å². The third-order valence-electron chi connectivity index (χ3n) is 2.63. The SMILES string of the molecule is CC(C)c1cccc(-c2cnc(C(C)C)s2)n1. The van der Waals surface area contributed by atoms with Crippen LogP contribution in [-0.2, 0) is 0 Å². The molecule has 2 aromatic heterocycles. The third-order valence-corrected chi connectivity index (χ3v) is 3.95. The van der Waals surface area contributed by atoms with Crippen molar-refractivity contribution in [2.24, 2.45) is 0 Å². The van der Waals surface area contributed by atoms with Crippen LogP contribution in [0, 0.1) is 0 Å². The lowest BCUT2D eigenvalue weighted by atomic mass is 10.1. The van der Waals surface area contributed by atoms with Gasteiger partial charge in [0.25, 0.3) is 0 Å². The normalized spacial score (nSPS) is 11.4. The minimum Gasteiger partial charge on any atom is -0.252 e. The number of nitrogens with zero attached hydrogens (tertiary/aromatic N) is 2. The van der Waals surface area contributed by atoms with Crippen molar-refractivity contribution in [2.45, 2.75) is 39.5 Å². The average molecular weight is 246 g/mol. The second-order valence-electron chi connectivity index (χ2n) is 4.82. The Morgan fingerprint density at radius 3 is 2.41 bits per heavy atom. The second-order valence-corrected chi connectivity index (χ2v) is 5.88. The van der Waals surface area contributed by atoms with E-state index < -0.39 is 0 Å². The first-order chi connectivity index (χ1) is 8.08. The first kappa shape index (κ1) is 12.2. The molecule has 17 heavy (non-hydrogen) atoms. The Bertz CT molecular complexity index is 500. The van der Waals surface area contributed by atoms with Gasteiger partial charge in [0.2, 0.25) is 0 Å². The Hall–Kier alpha value is -1.22. The summed E-state index contributed by atoms with van der Waals surface area (Å²) in [4.78, 5) is 10.3. The Morgan fingerprint density at radius 2 is 1.82 bits per heavy atom. The molecule has 2 heterocycles. The molecule has 0 saturated heterocycles. The molecular weight excluding hydrogens is 228 g/mol.